The third-order valence-electron chi connectivity index (χ3n) is 3.12. The zero-order valence-corrected chi connectivity index (χ0v) is 11.2. The summed E-state index contributed by atoms with van der Waals surface area (Å²) in [6.07, 6.45) is 2.33. The molecule has 1 aliphatic heterocycles. The average Bonchev–Trinajstić information content (AvgIpc) is 2.34. The fourth-order valence-electron chi connectivity index (χ4n) is 2.07. The molecule has 0 radical (unpaired) electrons. The van der Waals surface area contributed by atoms with Crippen molar-refractivity contribution < 1.29 is 14.7 Å². The standard InChI is InChI=1S/C12H23N3O3/c1-14(2)7-4-6-13-12(18)15-8-3-5-10(9-15)11(16)17/h10H,3-9H2,1-2H3,(H,13,18)(H,16,17)/t10-/m0/s1. The highest BCUT2D eigenvalue weighted by molar-refractivity contribution is 5.76. The molecule has 0 spiro atoms. The Hall–Kier alpha value is -1.30. The maximum Gasteiger partial charge on any atom is 0.317 e. The molecule has 0 saturated carbocycles. The Kier molecular flexibility index (Phi) is 5.91. The Morgan fingerprint density at radius 2 is 2.17 bits per heavy atom. The fraction of sp³-hybridized carbons (Fsp3) is 0.833. The molecule has 6 heteroatoms. The second-order valence-corrected chi connectivity index (χ2v) is 5.01. The predicted molar refractivity (Wildman–Crippen MR) is 68.5 cm³/mol. The third kappa shape index (κ3) is 4.91. The first kappa shape index (κ1) is 14.8. The number of nitrogens with one attached hydrogen (secondary N) is 1. The van der Waals surface area contributed by atoms with E-state index in [4.69, 9.17) is 5.11 Å². The molecule has 0 aliphatic carbocycles. The third-order valence-corrected chi connectivity index (χ3v) is 3.12. The second kappa shape index (κ2) is 7.20. The summed E-state index contributed by atoms with van der Waals surface area (Å²) in [6.45, 7) is 2.54. The van der Waals surface area contributed by atoms with Gasteiger partial charge in [-0.3, -0.25) is 4.79 Å². The van der Waals surface area contributed by atoms with Crippen molar-refractivity contribution in [3.05, 3.63) is 0 Å². The van der Waals surface area contributed by atoms with Crippen molar-refractivity contribution in [1.29, 1.82) is 0 Å². The molecular formula is C12H23N3O3. The van der Waals surface area contributed by atoms with Gasteiger partial charge in [-0.2, -0.15) is 0 Å². The molecule has 1 saturated heterocycles. The molecule has 0 bridgehead atoms. The first-order valence-electron chi connectivity index (χ1n) is 6.41. The number of piperidine rings is 1. The van der Waals surface area contributed by atoms with Crippen molar-refractivity contribution in [2.45, 2.75) is 19.3 Å². The van der Waals surface area contributed by atoms with Crippen LogP contribution >= 0.6 is 0 Å². The Balaban J connectivity index is 2.26. The number of hydrogen-bond acceptors (Lipinski definition) is 3. The Labute approximate surface area is 108 Å². The largest absolute Gasteiger partial charge is 0.481 e. The molecule has 18 heavy (non-hydrogen) atoms. The molecule has 0 aromatic heterocycles. The van der Waals surface area contributed by atoms with Crippen LogP contribution in [-0.4, -0.2) is 67.2 Å². The van der Waals surface area contributed by atoms with Crippen LogP contribution in [-0.2, 0) is 4.79 Å². The highest BCUT2D eigenvalue weighted by Gasteiger charge is 2.27. The summed E-state index contributed by atoms with van der Waals surface area (Å²) < 4.78 is 0. The number of carboxylic acid groups (broad SMARTS) is 1. The molecule has 1 rings (SSSR count). The fourth-order valence-corrected chi connectivity index (χ4v) is 2.07. The first-order valence-corrected chi connectivity index (χ1v) is 6.41. The normalized spacial score (nSPS) is 19.9. The summed E-state index contributed by atoms with van der Waals surface area (Å²) >= 11 is 0. The van der Waals surface area contributed by atoms with Gasteiger partial charge in [0.25, 0.3) is 0 Å². The van der Waals surface area contributed by atoms with Crippen LogP contribution in [0, 0.1) is 5.92 Å². The molecule has 0 unspecified atom stereocenters. The van der Waals surface area contributed by atoms with Gasteiger partial charge in [-0.25, -0.2) is 4.79 Å². The molecule has 6 nitrogen and oxygen atoms in total. The number of amides is 2. The SMILES string of the molecule is CN(C)CCCNC(=O)N1CCC[C@H](C(=O)O)C1. The maximum atomic E-state index is 11.8. The van der Waals surface area contributed by atoms with Crippen LogP contribution in [0.3, 0.4) is 0 Å². The van der Waals surface area contributed by atoms with E-state index >= 15 is 0 Å². The molecule has 1 atom stereocenters. The summed E-state index contributed by atoms with van der Waals surface area (Å²) in [5.74, 6) is -1.22. The topological polar surface area (TPSA) is 72.9 Å². The lowest BCUT2D eigenvalue weighted by molar-refractivity contribution is -0.143. The summed E-state index contributed by atoms with van der Waals surface area (Å²) in [5.41, 5.74) is 0. The monoisotopic (exact) mass is 257 g/mol. The lowest BCUT2D eigenvalue weighted by atomic mass is 9.99. The molecule has 0 aromatic carbocycles. The Morgan fingerprint density at radius 3 is 2.78 bits per heavy atom. The Morgan fingerprint density at radius 1 is 1.44 bits per heavy atom. The molecule has 2 N–H and O–H groups in total. The lowest BCUT2D eigenvalue weighted by Gasteiger charge is -2.30. The zero-order chi connectivity index (χ0) is 13.5. The molecule has 104 valence electrons. The van der Waals surface area contributed by atoms with Crippen LogP contribution in [0.25, 0.3) is 0 Å². The van der Waals surface area contributed by atoms with Gasteiger partial charge < -0.3 is 20.2 Å². The first-order chi connectivity index (χ1) is 8.50. The van der Waals surface area contributed by atoms with Crippen molar-refractivity contribution in [3.63, 3.8) is 0 Å². The Bertz CT molecular complexity index is 294. The highest BCUT2D eigenvalue weighted by atomic mass is 16.4. The number of aliphatic carboxylic acids is 1. The zero-order valence-electron chi connectivity index (χ0n) is 11.2. The van der Waals surface area contributed by atoms with Crippen LogP contribution < -0.4 is 5.32 Å². The van der Waals surface area contributed by atoms with Crippen molar-refractivity contribution in [2.75, 3.05) is 40.3 Å². The van der Waals surface area contributed by atoms with E-state index in [1.807, 2.05) is 14.1 Å². The van der Waals surface area contributed by atoms with Gasteiger partial charge in [-0.05, 0) is 39.9 Å². The number of rotatable bonds is 5. The van der Waals surface area contributed by atoms with Gasteiger partial charge >= 0.3 is 12.0 Å². The van der Waals surface area contributed by atoms with Crippen molar-refractivity contribution >= 4 is 12.0 Å². The summed E-state index contributed by atoms with van der Waals surface area (Å²) in [5, 5.41) is 11.8. The molecule has 1 fully saturated rings. The molecular weight excluding hydrogens is 234 g/mol. The molecule has 1 aliphatic rings. The van der Waals surface area contributed by atoms with Crippen LogP contribution in [0.5, 0.6) is 0 Å². The van der Waals surface area contributed by atoms with Crippen molar-refractivity contribution in [3.8, 4) is 0 Å². The minimum absolute atomic E-state index is 0.139. The number of nitrogens with zero attached hydrogens (tertiary/aromatic N) is 2. The van der Waals surface area contributed by atoms with Crippen molar-refractivity contribution in [1.82, 2.24) is 15.1 Å². The van der Waals surface area contributed by atoms with E-state index in [1.54, 1.807) is 4.90 Å². The molecule has 1 heterocycles. The van der Waals surface area contributed by atoms with Gasteiger partial charge in [0.2, 0.25) is 0 Å². The van der Waals surface area contributed by atoms with Gasteiger partial charge in [0, 0.05) is 19.6 Å². The van der Waals surface area contributed by atoms with E-state index in [-0.39, 0.29) is 6.03 Å². The smallest absolute Gasteiger partial charge is 0.317 e. The van der Waals surface area contributed by atoms with E-state index in [0.717, 1.165) is 19.4 Å². The summed E-state index contributed by atoms with van der Waals surface area (Å²) in [7, 11) is 3.98. The number of carboxylic acids is 1. The van der Waals surface area contributed by atoms with Gasteiger partial charge in [0.15, 0.2) is 0 Å². The lowest BCUT2D eigenvalue weighted by Crippen LogP contribution is -2.47. The minimum Gasteiger partial charge on any atom is -0.481 e. The van der Waals surface area contributed by atoms with Crippen LogP contribution in [0.2, 0.25) is 0 Å². The number of carbonyl (C=O) groups is 2. The van der Waals surface area contributed by atoms with Crippen LogP contribution in [0.15, 0.2) is 0 Å². The number of hydrogen-bond donors (Lipinski definition) is 2. The predicted octanol–water partition coefficient (Wildman–Crippen LogP) is 0.444. The van der Waals surface area contributed by atoms with E-state index in [1.165, 1.54) is 0 Å². The summed E-state index contributed by atoms with van der Waals surface area (Å²) in [4.78, 5) is 26.4. The highest BCUT2D eigenvalue weighted by Crippen LogP contribution is 2.16. The van der Waals surface area contributed by atoms with E-state index in [0.29, 0.717) is 26.1 Å². The van der Waals surface area contributed by atoms with E-state index in [9.17, 15) is 9.59 Å². The maximum absolute atomic E-state index is 11.8. The quantitative estimate of drug-likeness (QED) is 0.701. The average molecular weight is 257 g/mol. The van der Waals surface area contributed by atoms with Gasteiger partial charge in [-0.15, -0.1) is 0 Å². The number of urea groups is 1. The number of likely N-dealkylation sites (tertiary alicyclic amines) is 1. The van der Waals surface area contributed by atoms with Crippen molar-refractivity contribution in [2.24, 2.45) is 5.92 Å². The second-order valence-electron chi connectivity index (χ2n) is 5.01. The van der Waals surface area contributed by atoms with E-state index < -0.39 is 11.9 Å². The molecule has 2 amide bonds. The van der Waals surface area contributed by atoms with Gasteiger partial charge in [-0.1, -0.05) is 0 Å². The molecule has 0 aromatic rings. The van der Waals surface area contributed by atoms with Gasteiger partial charge in [0.1, 0.15) is 0 Å². The van der Waals surface area contributed by atoms with Crippen LogP contribution in [0.1, 0.15) is 19.3 Å². The minimum atomic E-state index is -0.805. The van der Waals surface area contributed by atoms with Crippen LogP contribution in [0.4, 0.5) is 4.79 Å². The summed E-state index contributed by atoms with van der Waals surface area (Å²) in [6, 6.07) is -0.139. The van der Waals surface area contributed by atoms with Gasteiger partial charge in [0.05, 0.1) is 5.92 Å². The van der Waals surface area contributed by atoms with E-state index in [2.05, 4.69) is 10.2 Å². The number of carbonyl (C=O) groups excluding carboxylic acids is 1.